The molecule has 0 aliphatic carbocycles. The number of para-hydroxylation sites is 3. The summed E-state index contributed by atoms with van der Waals surface area (Å²) in [5, 5.41) is 11.9. The van der Waals surface area contributed by atoms with Crippen molar-refractivity contribution >= 4 is 44.1 Å². The molecule has 3 aromatic carbocycles. The Hall–Kier alpha value is -5.37. The molecule has 0 aliphatic rings. The molecule has 4 heterocycles. The minimum atomic E-state index is -0.257. The number of pyridine rings is 1. The number of hydrogen-bond acceptors (Lipinski definition) is 8. The average molecular weight is 485 g/mol. The third-order valence-electron chi connectivity index (χ3n) is 6.31. The van der Waals surface area contributed by atoms with E-state index in [2.05, 4.69) is 15.0 Å². The summed E-state index contributed by atoms with van der Waals surface area (Å²) < 4.78 is 11.9. The fraction of sp³-hybridized carbons (Fsp3) is 0. The lowest BCUT2D eigenvalue weighted by molar-refractivity contribution is 0.477. The van der Waals surface area contributed by atoms with Crippen LogP contribution >= 0.6 is 0 Å². The van der Waals surface area contributed by atoms with Crippen LogP contribution in [0.2, 0.25) is 0 Å². The largest absolute Gasteiger partial charge is 0.507 e. The number of benzene rings is 3. The summed E-state index contributed by atoms with van der Waals surface area (Å²) in [5.41, 5.74) is 1.60. The first kappa shape index (κ1) is 21.0. The van der Waals surface area contributed by atoms with E-state index in [1.54, 1.807) is 72.8 Å². The van der Waals surface area contributed by atoms with E-state index in [1.807, 2.05) is 0 Å². The first-order chi connectivity index (χ1) is 18.1. The maximum absolute atomic E-state index is 13.3. The highest BCUT2D eigenvalue weighted by Crippen LogP contribution is 2.36. The van der Waals surface area contributed by atoms with E-state index in [0.29, 0.717) is 38.8 Å². The second kappa shape index (κ2) is 7.82. The Kier molecular flexibility index (Phi) is 4.43. The number of fused-ring (bicyclic) bond motifs is 4. The molecule has 0 aliphatic heterocycles. The van der Waals surface area contributed by atoms with Gasteiger partial charge in [-0.05, 0) is 42.5 Å². The molecule has 0 radical (unpaired) electrons. The van der Waals surface area contributed by atoms with Gasteiger partial charge in [0.05, 0.1) is 21.9 Å². The van der Waals surface area contributed by atoms with Gasteiger partial charge in [0.25, 0.3) is 0 Å². The summed E-state index contributed by atoms with van der Waals surface area (Å²) in [4.78, 5) is 39.9. The molecule has 4 aromatic heterocycles. The van der Waals surface area contributed by atoms with Gasteiger partial charge in [0.2, 0.25) is 22.3 Å². The van der Waals surface area contributed by atoms with Crippen LogP contribution < -0.4 is 10.9 Å². The van der Waals surface area contributed by atoms with Crippen molar-refractivity contribution in [1.82, 2.24) is 15.0 Å². The third-order valence-corrected chi connectivity index (χ3v) is 6.31. The van der Waals surface area contributed by atoms with E-state index in [-0.39, 0.29) is 44.6 Å². The minimum Gasteiger partial charge on any atom is -0.507 e. The molecule has 37 heavy (non-hydrogen) atoms. The molecule has 0 saturated heterocycles. The number of nitrogens with zero attached hydrogens (tertiary/aromatic N) is 3. The highest BCUT2D eigenvalue weighted by Gasteiger charge is 2.21. The summed E-state index contributed by atoms with van der Waals surface area (Å²) in [6.45, 7) is 0. The SMILES string of the molecule is O=c1c2ccccc2oc2nc(-c3cc4c(=O)c5ccccc5oc4nc3-c3ccccc3O)ncc12. The van der Waals surface area contributed by atoms with Gasteiger partial charge in [0.1, 0.15) is 22.3 Å². The molecular formula is C29H15N3O5. The smallest absolute Gasteiger partial charge is 0.234 e. The Labute approximate surface area is 207 Å². The minimum absolute atomic E-state index is 0.0166. The maximum Gasteiger partial charge on any atom is 0.234 e. The number of rotatable bonds is 2. The Bertz CT molecular complexity index is 2160. The van der Waals surface area contributed by atoms with Crippen LogP contribution in [0.3, 0.4) is 0 Å². The molecule has 0 atom stereocenters. The van der Waals surface area contributed by atoms with Crippen LogP contribution in [0.25, 0.3) is 66.8 Å². The highest BCUT2D eigenvalue weighted by atomic mass is 16.3. The zero-order valence-corrected chi connectivity index (χ0v) is 19.0. The van der Waals surface area contributed by atoms with E-state index in [1.165, 1.54) is 12.3 Å². The summed E-state index contributed by atoms with van der Waals surface area (Å²) in [5.74, 6) is 0.156. The van der Waals surface area contributed by atoms with Gasteiger partial charge < -0.3 is 13.9 Å². The van der Waals surface area contributed by atoms with Gasteiger partial charge >= 0.3 is 0 Å². The highest BCUT2D eigenvalue weighted by molar-refractivity contribution is 5.95. The molecule has 0 bridgehead atoms. The zero-order valence-electron chi connectivity index (χ0n) is 19.0. The van der Waals surface area contributed by atoms with Gasteiger partial charge in [0.15, 0.2) is 5.82 Å². The van der Waals surface area contributed by atoms with Crippen molar-refractivity contribution in [3.63, 3.8) is 0 Å². The van der Waals surface area contributed by atoms with Crippen LogP contribution in [-0.2, 0) is 0 Å². The van der Waals surface area contributed by atoms with Crippen LogP contribution in [0.5, 0.6) is 5.75 Å². The molecule has 0 saturated carbocycles. The lowest BCUT2D eigenvalue weighted by Gasteiger charge is -2.11. The summed E-state index contributed by atoms with van der Waals surface area (Å²) in [6.07, 6.45) is 1.40. The second-order valence-electron chi connectivity index (χ2n) is 8.52. The van der Waals surface area contributed by atoms with Crippen molar-refractivity contribution in [1.29, 1.82) is 0 Å². The van der Waals surface area contributed by atoms with Crippen LogP contribution in [-0.4, -0.2) is 20.1 Å². The quantitative estimate of drug-likeness (QED) is 0.322. The molecule has 7 rings (SSSR count). The fourth-order valence-electron chi connectivity index (χ4n) is 4.50. The average Bonchev–Trinajstić information content (AvgIpc) is 2.93. The van der Waals surface area contributed by atoms with E-state index < -0.39 is 0 Å². The zero-order chi connectivity index (χ0) is 25.1. The molecule has 0 unspecified atom stereocenters. The van der Waals surface area contributed by atoms with Crippen molar-refractivity contribution in [2.45, 2.75) is 0 Å². The fourth-order valence-corrected chi connectivity index (χ4v) is 4.50. The number of phenolic OH excluding ortho intramolecular Hbond substituents is 1. The van der Waals surface area contributed by atoms with Crippen molar-refractivity contribution in [3.8, 4) is 28.4 Å². The first-order valence-electron chi connectivity index (χ1n) is 11.4. The van der Waals surface area contributed by atoms with Crippen molar-refractivity contribution < 1.29 is 13.9 Å². The van der Waals surface area contributed by atoms with Gasteiger partial charge in [-0.2, -0.15) is 4.98 Å². The van der Waals surface area contributed by atoms with E-state index >= 15 is 0 Å². The van der Waals surface area contributed by atoms with Gasteiger partial charge in [-0.1, -0.05) is 36.4 Å². The van der Waals surface area contributed by atoms with E-state index in [4.69, 9.17) is 8.83 Å². The molecule has 1 N–H and O–H groups in total. The van der Waals surface area contributed by atoms with Crippen molar-refractivity contribution in [3.05, 3.63) is 106 Å². The van der Waals surface area contributed by atoms with Crippen LogP contribution in [0.15, 0.2) is 103 Å². The number of hydrogen-bond donors (Lipinski definition) is 1. The van der Waals surface area contributed by atoms with Crippen LogP contribution in [0, 0.1) is 0 Å². The van der Waals surface area contributed by atoms with Crippen molar-refractivity contribution in [2.24, 2.45) is 0 Å². The van der Waals surface area contributed by atoms with Crippen LogP contribution in [0.4, 0.5) is 0 Å². The number of aromatic hydroxyl groups is 1. The van der Waals surface area contributed by atoms with Gasteiger partial charge in [-0.15, -0.1) is 0 Å². The normalized spacial score (nSPS) is 11.6. The number of phenols is 1. The van der Waals surface area contributed by atoms with Gasteiger partial charge in [-0.25, -0.2) is 9.97 Å². The summed E-state index contributed by atoms with van der Waals surface area (Å²) in [6, 6.07) is 22.1. The number of aromatic nitrogens is 3. The second-order valence-corrected chi connectivity index (χ2v) is 8.52. The summed E-state index contributed by atoms with van der Waals surface area (Å²) in [7, 11) is 0. The molecule has 0 spiro atoms. The van der Waals surface area contributed by atoms with E-state index in [9.17, 15) is 14.7 Å². The predicted molar refractivity (Wildman–Crippen MR) is 139 cm³/mol. The molecule has 8 heteroatoms. The Morgan fingerprint density at radius 3 is 1.92 bits per heavy atom. The van der Waals surface area contributed by atoms with Gasteiger partial charge in [0, 0.05) is 17.3 Å². The van der Waals surface area contributed by atoms with Gasteiger partial charge in [-0.3, -0.25) is 9.59 Å². The lowest BCUT2D eigenvalue weighted by atomic mass is 10.0. The molecule has 176 valence electrons. The Morgan fingerprint density at radius 1 is 0.622 bits per heavy atom. The first-order valence-corrected chi connectivity index (χ1v) is 11.4. The Morgan fingerprint density at radius 2 is 1.22 bits per heavy atom. The monoisotopic (exact) mass is 485 g/mol. The van der Waals surface area contributed by atoms with E-state index in [0.717, 1.165) is 0 Å². The standard InChI is InChI=1S/C29H15N3O5/c33-21-10-4-1-7-15(21)24-18(13-19-25(34)16-8-2-5-11-22(16)36-28(19)31-24)27-30-14-20-26(35)17-9-3-6-12-23(17)37-29(20)32-27/h1-14,33H. The Balaban J connectivity index is 1.58. The van der Waals surface area contributed by atoms with Crippen molar-refractivity contribution in [2.75, 3.05) is 0 Å². The molecular weight excluding hydrogens is 470 g/mol. The predicted octanol–water partition coefficient (Wildman–Crippen LogP) is 5.43. The molecule has 7 aromatic rings. The lowest BCUT2D eigenvalue weighted by Crippen LogP contribution is -2.07. The third kappa shape index (κ3) is 3.20. The topological polar surface area (TPSA) is 119 Å². The maximum atomic E-state index is 13.3. The molecule has 0 fully saturated rings. The molecule has 0 amide bonds. The van der Waals surface area contributed by atoms with Crippen LogP contribution in [0.1, 0.15) is 0 Å². The summed E-state index contributed by atoms with van der Waals surface area (Å²) >= 11 is 0. The molecule has 8 nitrogen and oxygen atoms in total.